The second kappa shape index (κ2) is 46.9. The average Bonchev–Trinajstić information content (AvgIpc) is 3.34. The van der Waals surface area contributed by atoms with Crippen molar-refractivity contribution in [2.75, 3.05) is 13.2 Å². The van der Waals surface area contributed by atoms with E-state index in [1.165, 1.54) is 186 Å². The fraction of sp³-hybridized carbons (Fsp3) is 0.947. The number of carbonyl (C=O) groups excluding carboxylic acids is 1. The van der Waals surface area contributed by atoms with E-state index in [0.717, 1.165) is 51.4 Å². The quantitative estimate of drug-likeness (QED) is 0.0215. The smallest absolute Gasteiger partial charge is 0.249 e. The number of hydrogen-bond acceptors (Lipinski definition) is 10. The van der Waals surface area contributed by atoms with E-state index >= 15 is 0 Å². The van der Waals surface area contributed by atoms with E-state index < -0.39 is 74.2 Å². The van der Waals surface area contributed by atoms with Gasteiger partial charge in [0.2, 0.25) is 5.91 Å². The Bertz CT molecular complexity index is 1110. The fourth-order valence-electron chi connectivity index (χ4n) is 9.56. The van der Waals surface area contributed by atoms with Crippen molar-refractivity contribution in [1.29, 1.82) is 0 Å². The first-order valence-corrected chi connectivity index (χ1v) is 29.1. The lowest BCUT2D eigenvalue weighted by atomic mass is 9.98. The van der Waals surface area contributed by atoms with Gasteiger partial charge in [-0.25, -0.2) is 0 Å². The Morgan fingerprint density at radius 2 is 0.853 bits per heavy atom. The van der Waals surface area contributed by atoms with Crippen LogP contribution in [0.4, 0.5) is 0 Å². The highest BCUT2D eigenvalue weighted by molar-refractivity contribution is 5.80. The van der Waals surface area contributed by atoms with Crippen molar-refractivity contribution in [2.24, 2.45) is 0 Å². The highest BCUT2D eigenvalue weighted by atomic mass is 16.7. The fourth-order valence-corrected chi connectivity index (χ4v) is 9.56. The van der Waals surface area contributed by atoms with Gasteiger partial charge in [0.25, 0.3) is 0 Å². The molecule has 1 amide bonds. The van der Waals surface area contributed by atoms with Crippen molar-refractivity contribution >= 4 is 5.91 Å². The molecule has 0 bridgehead atoms. The van der Waals surface area contributed by atoms with Crippen LogP contribution in [0.2, 0.25) is 0 Å². The Morgan fingerprint density at radius 1 is 0.500 bits per heavy atom. The molecule has 1 rings (SSSR count). The maximum atomic E-state index is 13.2. The number of allylic oxidation sites excluding steroid dienone is 2. The third-order valence-corrected chi connectivity index (χ3v) is 14.3. The molecule has 1 aliphatic rings. The van der Waals surface area contributed by atoms with Crippen molar-refractivity contribution in [3.8, 4) is 0 Å². The van der Waals surface area contributed by atoms with Gasteiger partial charge in [-0.1, -0.05) is 251 Å². The van der Waals surface area contributed by atoms with E-state index in [1.807, 2.05) is 0 Å². The van der Waals surface area contributed by atoms with Crippen molar-refractivity contribution in [3.05, 3.63) is 12.2 Å². The molecular weight excluding hydrogens is 859 g/mol. The number of aliphatic hydroxyl groups excluding tert-OH is 7. The highest BCUT2D eigenvalue weighted by Crippen LogP contribution is 2.23. The van der Waals surface area contributed by atoms with Gasteiger partial charge in [-0.2, -0.15) is 0 Å². The molecule has 1 saturated heterocycles. The number of hydrogen-bond donors (Lipinski definition) is 8. The lowest BCUT2D eigenvalue weighted by Crippen LogP contribution is -2.60. The predicted octanol–water partition coefficient (Wildman–Crippen LogP) is 12.0. The summed E-state index contributed by atoms with van der Waals surface area (Å²) in [5.41, 5.74) is 0. The number of aliphatic hydroxyl groups is 7. The standard InChI is InChI=1S/C57H111NO10/c1-3-5-7-9-11-13-15-17-19-21-23-25-27-29-31-33-35-37-39-41-43-45-50(61)56(66)58-48(47-67-57-55(65)54(64)53(63)51(46-59)68-57)52(62)49(60)44-42-40-38-36-34-32-30-28-26-24-22-20-18-16-14-12-10-8-6-4-2/h27,29,48-55,57,59-65H,3-26,28,30-47H2,1-2H3,(H,58,66)/b29-27-. The molecule has 0 radical (unpaired) electrons. The van der Waals surface area contributed by atoms with Gasteiger partial charge in [0.05, 0.1) is 25.4 Å². The van der Waals surface area contributed by atoms with Gasteiger partial charge in [0, 0.05) is 0 Å². The number of carbonyl (C=O) groups is 1. The third-order valence-electron chi connectivity index (χ3n) is 14.3. The molecule has 0 saturated carbocycles. The molecule has 0 spiro atoms. The second-order valence-electron chi connectivity index (χ2n) is 20.7. The van der Waals surface area contributed by atoms with Crippen LogP contribution in [0.5, 0.6) is 0 Å². The number of unbranched alkanes of at least 4 members (excludes halogenated alkanes) is 36. The molecule has 1 aliphatic heterocycles. The van der Waals surface area contributed by atoms with E-state index in [2.05, 4.69) is 31.3 Å². The van der Waals surface area contributed by atoms with Gasteiger partial charge in [0.15, 0.2) is 6.29 Å². The van der Waals surface area contributed by atoms with Crippen LogP contribution < -0.4 is 5.32 Å². The maximum absolute atomic E-state index is 13.2. The second-order valence-corrected chi connectivity index (χ2v) is 20.7. The largest absolute Gasteiger partial charge is 0.394 e. The van der Waals surface area contributed by atoms with Crippen LogP contribution in [0.15, 0.2) is 12.2 Å². The molecule has 9 unspecified atom stereocenters. The Balaban J connectivity index is 2.32. The van der Waals surface area contributed by atoms with Crippen LogP contribution in [0.25, 0.3) is 0 Å². The molecule has 404 valence electrons. The first kappa shape index (κ1) is 64.9. The first-order chi connectivity index (χ1) is 33.2. The Hall–Kier alpha value is -1.15. The zero-order chi connectivity index (χ0) is 49.7. The Morgan fingerprint density at radius 3 is 1.24 bits per heavy atom. The lowest BCUT2D eigenvalue weighted by molar-refractivity contribution is -0.303. The molecule has 68 heavy (non-hydrogen) atoms. The minimum Gasteiger partial charge on any atom is -0.394 e. The molecule has 1 fully saturated rings. The van der Waals surface area contributed by atoms with Crippen LogP contribution in [-0.2, 0) is 14.3 Å². The topological polar surface area (TPSA) is 189 Å². The van der Waals surface area contributed by atoms with Gasteiger partial charge < -0.3 is 50.5 Å². The summed E-state index contributed by atoms with van der Waals surface area (Å²) in [6.07, 6.45) is 42.6. The molecule has 8 N–H and O–H groups in total. The van der Waals surface area contributed by atoms with Crippen molar-refractivity contribution in [1.82, 2.24) is 5.32 Å². The van der Waals surface area contributed by atoms with E-state index in [9.17, 15) is 40.5 Å². The Kier molecular flexibility index (Phi) is 44.7. The SMILES string of the molecule is CCCCCCCCCCCCC/C=C\CCCCCCCCC(O)C(=O)NC(COC1OC(CO)C(O)C(O)C1O)C(O)C(O)CCCCCCCCCCCCCCCCCCCCCC. The zero-order valence-electron chi connectivity index (χ0n) is 44.1. The zero-order valence-corrected chi connectivity index (χ0v) is 44.1. The summed E-state index contributed by atoms with van der Waals surface area (Å²) in [5, 5.41) is 76.2. The predicted molar refractivity (Wildman–Crippen MR) is 279 cm³/mol. The number of nitrogens with one attached hydrogen (secondary N) is 1. The summed E-state index contributed by atoms with van der Waals surface area (Å²) >= 11 is 0. The van der Waals surface area contributed by atoms with Gasteiger partial charge in [-0.05, 0) is 38.5 Å². The van der Waals surface area contributed by atoms with Crippen molar-refractivity contribution < 1.29 is 50.0 Å². The monoisotopic (exact) mass is 970 g/mol. The van der Waals surface area contributed by atoms with Crippen LogP contribution in [0.3, 0.4) is 0 Å². The summed E-state index contributed by atoms with van der Waals surface area (Å²) < 4.78 is 11.1. The van der Waals surface area contributed by atoms with E-state index in [-0.39, 0.29) is 6.42 Å². The summed E-state index contributed by atoms with van der Waals surface area (Å²) in [5.74, 6) is -0.697. The van der Waals surface area contributed by atoms with Crippen LogP contribution >= 0.6 is 0 Å². The van der Waals surface area contributed by atoms with Gasteiger partial charge in [-0.15, -0.1) is 0 Å². The summed E-state index contributed by atoms with van der Waals surface area (Å²) in [4.78, 5) is 13.2. The minimum absolute atomic E-state index is 0.256. The molecule has 11 heteroatoms. The molecule has 11 nitrogen and oxygen atoms in total. The molecule has 0 aromatic carbocycles. The molecule has 1 heterocycles. The number of rotatable bonds is 50. The van der Waals surface area contributed by atoms with Crippen LogP contribution in [0.1, 0.15) is 277 Å². The minimum atomic E-state index is -1.66. The molecule has 9 atom stereocenters. The average molecular weight is 971 g/mol. The summed E-state index contributed by atoms with van der Waals surface area (Å²) in [7, 11) is 0. The van der Waals surface area contributed by atoms with Crippen molar-refractivity contribution in [2.45, 2.75) is 332 Å². The number of amides is 1. The van der Waals surface area contributed by atoms with E-state index in [0.29, 0.717) is 19.3 Å². The lowest BCUT2D eigenvalue weighted by Gasteiger charge is -2.40. The van der Waals surface area contributed by atoms with E-state index in [4.69, 9.17) is 9.47 Å². The summed E-state index contributed by atoms with van der Waals surface area (Å²) in [6, 6.07) is -1.17. The molecule has 0 aromatic rings. The van der Waals surface area contributed by atoms with Gasteiger partial charge >= 0.3 is 0 Å². The van der Waals surface area contributed by atoms with Crippen LogP contribution in [0, 0.1) is 0 Å². The molecular formula is C57H111NO10. The molecule has 0 aliphatic carbocycles. The van der Waals surface area contributed by atoms with E-state index in [1.54, 1.807) is 0 Å². The highest BCUT2D eigenvalue weighted by Gasteiger charge is 2.44. The maximum Gasteiger partial charge on any atom is 0.249 e. The van der Waals surface area contributed by atoms with Gasteiger partial charge in [-0.3, -0.25) is 4.79 Å². The van der Waals surface area contributed by atoms with Gasteiger partial charge in [0.1, 0.15) is 36.6 Å². The first-order valence-electron chi connectivity index (χ1n) is 29.1. The summed E-state index contributed by atoms with van der Waals surface area (Å²) in [6.45, 7) is 3.49. The van der Waals surface area contributed by atoms with Crippen molar-refractivity contribution in [3.63, 3.8) is 0 Å². The number of ether oxygens (including phenoxy) is 2. The third kappa shape index (κ3) is 35.1. The van der Waals surface area contributed by atoms with Crippen LogP contribution in [-0.4, -0.2) is 110 Å². The molecule has 0 aromatic heterocycles. The Labute approximate surface area is 417 Å². The normalized spacial score (nSPS) is 20.5.